The number of carbonyl (C=O) groups is 3. The van der Waals surface area contributed by atoms with E-state index in [1.807, 2.05) is 5.32 Å². The summed E-state index contributed by atoms with van der Waals surface area (Å²) in [5, 5.41) is 20.9. The highest BCUT2D eigenvalue weighted by molar-refractivity contribution is 7.47. The number of carboxylic acids is 1. The van der Waals surface area contributed by atoms with Gasteiger partial charge in [0, 0.05) is 13.3 Å². The van der Waals surface area contributed by atoms with Gasteiger partial charge in [0.2, 0.25) is 5.91 Å². The van der Waals surface area contributed by atoms with E-state index >= 15 is 0 Å². The average molecular weight is 678 g/mol. The number of allylic oxidation sites excluding steroid dienone is 2. The molecule has 270 valence electrons. The number of rotatable bonds is 33. The van der Waals surface area contributed by atoms with E-state index in [0.717, 1.165) is 26.2 Å². The number of phosphoric ester groups is 1. The first-order valence-corrected chi connectivity index (χ1v) is 19.2. The Balaban J connectivity index is 3.56. The first-order chi connectivity index (χ1) is 22.1. The number of carbonyl (C=O) groups excluding carboxylic acids is 2. The standard InChI is InChI=1S/C34H64NO10P/c1-3-4-5-6-7-8-9-10-11-12-13-14-15-16-17-18-19-20-21-22-23-24-25-26-33(38)43-27-31(37)28-44-46(41,42)45-29-32(34(39)40)35-30(2)36/h10-11,31-32,37H,3-9,12-29H2,1-2H3,(H,35,36)(H,39,40)(H,41,42)/b11-10+. The van der Waals surface area contributed by atoms with Crippen molar-refractivity contribution in [2.24, 2.45) is 0 Å². The van der Waals surface area contributed by atoms with Crippen LogP contribution in [0.4, 0.5) is 0 Å². The van der Waals surface area contributed by atoms with Gasteiger partial charge in [0.1, 0.15) is 12.7 Å². The molecule has 0 spiro atoms. The molecule has 0 aromatic heterocycles. The summed E-state index contributed by atoms with van der Waals surface area (Å²) in [6.07, 6.45) is 29.9. The van der Waals surface area contributed by atoms with Gasteiger partial charge in [0.05, 0.1) is 13.2 Å². The van der Waals surface area contributed by atoms with E-state index in [1.54, 1.807) is 0 Å². The fourth-order valence-corrected chi connectivity index (χ4v) is 5.64. The number of phosphoric acid groups is 1. The first-order valence-electron chi connectivity index (χ1n) is 17.7. The summed E-state index contributed by atoms with van der Waals surface area (Å²) in [4.78, 5) is 43.6. The average Bonchev–Trinajstić information content (AvgIpc) is 3.01. The van der Waals surface area contributed by atoms with E-state index in [2.05, 4.69) is 28.1 Å². The summed E-state index contributed by atoms with van der Waals surface area (Å²) in [7, 11) is -4.70. The molecule has 12 heteroatoms. The van der Waals surface area contributed by atoms with Gasteiger partial charge in [-0.3, -0.25) is 18.6 Å². The number of esters is 1. The molecule has 0 heterocycles. The predicted octanol–water partition coefficient (Wildman–Crippen LogP) is 7.77. The van der Waals surface area contributed by atoms with Crippen molar-refractivity contribution in [2.45, 2.75) is 167 Å². The third kappa shape index (κ3) is 30.9. The number of carboxylic acid groups (broad SMARTS) is 1. The minimum Gasteiger partial charge on any atom is -0.480 e. The Kier molecular flexibility index (Phi) is 29.4. The van der Waals surface area contributed by atoms with Gasteiger partial charge in [-0.05, 0) is 32.1 Å². The lowest BCUT2D eigenvalue weighted by molar-refractivity contribution is -0.147. The summed E-state index contributed by atoms with van der Waals surface area (Å²) in [5.74, 6) is -2.58. The lowest BCUT2D eigenvalue weighted by Gasteiger charge is -2.18. The molecule has 3 atom stereocenters. The third-order valence-corrected chi connectivity index (χ3v) is 8.54. The quantitative estimate of drug-likeness (QED) is 0.0233. The van der Waals surface area contributed by atoms with Crippen LogP contribution < -0.4 is 5.32 Å². The lowest BCUT2D eigenvalue weighted by Crippen LogP contribution is -2.42. The van der Waals surface area contributed by atoms with Gasteiger partial charge >= 0.3 is 19.8 Å². The minimum absolute atomic E-state index is 0.227. The van der Waals surface area contributed by atoms with Crippen LogP contribution in [0.15, 0.2) is 12.2 Å². The number of nitrogens with one attached hydrogen (secondary N) is 1. The van der Waals surface area contributed by atoms with Crippen LogP contribution in [0.1, 0.15) is 155 Å². The summed E-state index contributed by atoms with van der Waals surface area (Å²) in [5.41, 5.74) is 0. The minimum atomic E-state index is -4.70. The number of unbranched alkanes of at least 4 members (excludes halogenated alkanes) is 19. The Morgan fingerprint density at radius 2 is 1.13 bits per heavy atom. The highest BCUT2D eigenvalue weighted by Gasteiger charge is 2.28. The van der Waals surface area contributed by atoms with Crippen molar-refractivity contribution in [2.75, 3.05) is 19.8 Å². The molecule has 0 aliphatic carbocycles. The van der Waals surface area contributed by atoms with Crippen LogP contribution >= 0.6 is 7.82 Å². The van der Waals surface area contributed by atoms with E-state index < -0.39 is 57.6 Å². The molecule has 0 saturated carbocycles. The van der Waals surface area contributed by atoms with Crippen LogP contribution in [0.25, 0.3) is 0 Å². The van der Waals surface area contributed by atoms with E-state index in [0.29, 0.717) is 6.42 Å². The van der Waals surface area contributed by atoms with Gasteiger partial charge in [-0.1, -0.05) is 122 Å². The molecule has 0 saturated heterocycles. The zero-order valence-electron chi connectivity index (χ0n) is 28.6. The Labute approximate surface area is 277 Å². The van der Waals surface area contributed by atoms with Crippen molar-refractivity contribution in [3.05, 3.63) is 12.2 Å². The fourth-order valence-electron chi connectivity index (χ4n) is 4.87. The molecule has 0 rings (SSSR count). The van der Waals surface area contributed by atoms with Crippen molar-refractivity contribution < 1.29 is 47.8 Å². The van der Waals surface area contributed by atoms with Crippen LogP contribution in [0.2, 0.25) is 0 Å². The van der Waals surface area contributed by atoms with Gasteiger partial charge in [-0.15, -0.1) is 0 Å². The summed E-state index contributed by atoms with van der Waals surface area (Å²) in [6.45, 7) is 1.45. The zero-order valence-corrected chi connectivity index (χ0v) is 29.5. The second-order valence-electron chi connectivity index (χ2n) is 12.2. The van der Waals surface area contributed by atoms with Gasteiger partial charge in [0.25, 0.3) is 0 Å². The van der Waals surface area contributed by atoms with E-state index in [4.69, 9.17) is 9.84 Å². The number of aliphatic hydroxyl groups is 1. The van der Waals surface area contributed by atoms with Crippen LogP contribution in [0.5, 0.6) is 0 Å². The van der Waals surface area contributed by atoms with Crippen molar-refractivity contribution in [1.82, 2.24) is 5.32 Å². The Morgan fingerprint density at radius 1 is 0.696 bits per heavy atom. The normalized spacial score (nSPS) is 14.2. The molecule has 0 radical (unpaired) electrons. The van der Waals surface area contributed by atoms with Crippen LogP contribution in [-0.4, -0.2) is 64.9 Å². The maximum Gasteiger partial charge on any atom is 0.472 e. The highest BCUT2D eigenvalue weighted by Crippen LogP contribution is 2.43. The molecule has 4 N–H and O–H groups in total. The van der Waals surface area contributed by atoms with Crippen molar-refractivity contribution in [3.8, 4) is 0 Å². The molecule has 0 fully saturated rings. The molecule has 0 bridgehead atoms. The van der Waals surface area contributed by atoms with Crippen molar-refractivity contribution in [3.63, 3.8) is 0 Å². The Morgan fingerprint density at radius 3 is 1.59 bits per heavy atom. The molecule has 3 unspecified atom stereocenters. The van der Waals surface area contributed by atoms with Crippen molar-refractivity contribution in [1.29, 1.82) is 0 Å². The van der Waals surface area contributed by atoms with Gasteiger partial charge in [-0.25, -0.2) is 9.36 Å². The van der Waals surface area contributed by atoms with E-state index in [-0.39, 0.29) is 6.42 Å². The van der Waals surface area contributed by atoms with Gasteiger partial charge in [0.15, 0.2) is 6.04 Å². The predicted molar refractivity (Wildman–Crippen MR) is 180 cm³/mol. The maximum absolute atomic E-state index is 11.9. The molecule has 0 aromatic rings. The highest BCUT2D eigenvalue weighted by atomic mass is 31.2. The number of aliphatic hydroxyl groups excluding tert-OH is 1. The largest absolute Gasteiger partial charge is 0.480 e. The van der Waals surface area contributed by atoms with E-state index in [9.17, 15) is 28.9 Å². The summed E-state index contributed by atoms with van der Waals surface area (Å²) >= 11 is 0. The smallest absolute Gasteiger partial charge is 0.472 e. The zero-order chi connectivity index (χ0) is 34.3. The molecule has 0 aromatic carbocycles. The Hall–Kier alpha value is -1.78. The summed E-state index contributed by atoms with van der Waals surface area (Å²) in [6, 6.07) is -1.54. The molecular weight excluding hydrogens is 613 g/mol. The third-order valence-electron chi connectivity index (χ3n) is 7.59. The molecule has 1 amide bonds. The van der Waals surface area contributed by atoms with Crippen LogP contribution in [0.3, 0.4) is 0 Å². The monoisotopic (exact) mass is 677 g/mol. The molecule has 11 nitrogen and oxygen atoms in total. The van der Waals surface area contributed by atoms with Crippen LogP contribution in [0, 0.1) is 0 Å². The number of amides is 1. The number of ether oxygens (including phenoxy) is 1. The first kappa shape index (κ1) is 44.2. The molecule has 46 heavy (non-hydrogen) atoms. The summed E-state index contributed by atoms with van der Waals surface area (Å²) < 4.78 is 26.0. The SMILES string of the molecule is CCCCCCCC/C=C/CCCCCCCCCCCCCCCC(=O)OCC(O)COP(=O)(O)OCC(NC(C)=O)C(=O)O. The second kappa shape index (κ2) is 30.5. The fraction of sp³-hybridized carbons (Fsp3) is 0.853. The lowest BCUT2D eigenvalue weighted by atomic mass is 10.0. The van der Waals surface area contributed by atoms with Crippen LogP contribution in [-0.2, 0) is 32.7 Å². The molecular formula is C34H64NO10P. The Bertz CT molecular complexity index is 854. The number of aliphatic carboxylic acids is 1. The van der Waals surface area contributed by atoms with Crippen molar-refractivity contribution >= 4 is 25.7 Å². The second-order valence-corrected chi connectivity index (χ2v) is 13.6. The number of hydrogen-bond acceptors (Lipinski definition) is 8. The van der Waals surface area contributed by atoms with Gasteiger partial charge in [-0.2, -0.15) is 0 Å². The maximum atomic E-state index is 11.9. The van der Waals surface area contributed by atoms with E-state index in [1.165, 1.54) is 109 Å². The molecule has 0 aliphatic heterocycles. The number of hydrogen-bond donors (Lipinski definition) is 4. The topological polar surface area (TPSA) is 169 Å². The van der Waals surface area contributed by atoms with Gasteiger partial charge < -0.3 is 25.2 Å². The molecule has 0 aliphatic rings.